The fraction of sp³-hybridized carbons (Fsp3) is 0.861. The first kappa shape index (κ1) is 33.2. The number of carbonyl (C=O) groups excluding carboxylic acids is 1. The van der Waals surface area contributed by atoms with Crippen LogP contribution in [-0.2, 0) is 18.6 Å². The summed E-state index contributed by atoms with van der Waals surface area (Å²) in [5.74, 6) is 2.00. The van der Waals surface area contributed by atoms with Crippen molar-refractivity contribution in [2.24, 2.45) is 39.9 Å². The summed E-state index contributed by atoms with van der Waals surface area (Å²) in [6.07, 6.45) is 10.8. The highest BCUT2D eigenvalue weighted by molar-refractivity contribution is 6.74. The summed E-state index contributed by atoms with van der Waals surface area (Å²) in [6, 6.07) is 0. The number of hydrogen-bond donors (Lipinski definition) is 0. The molecule has 4 aliphatic carbocycles. The molecule has 0 spiro atoms. The molecule has 43 heavy (non-hydrogen) atoms. The van der Waals surface area contributed by atoms with Gasteiger partial charge in [0.2, 0.25) is 0 Å². The number of amides is 1. The SMILES string of the molecule is CC(C1OCC(C)(C)CO1)[C@H]1CC[C@H]2C3=CC=C4C[C@@H](OC(=O)N(C)C)C[C@H](O[Si](C)(C)C(C)(C)C)[C@]4(C)[C@H]3CC[C@]12C. The van der Waals surface area contributed by atoms with E-state index in [0.29, 0.717) is 23.7 Å². The Labute approximate surface area is 263 Å². The highest BCUT2D eigenvalue weighted by Gasteiger charge is 2.61. The molecule has 0 aromatic rings. The van der Waals surface area contributed by atoms with Gasteiger partial charge < -0.3 is 23.5 Å². The van der Waals surface area contributed by atoms with Crippen molar-refractivity contribution in [3.05, 3.63) is 23.3 Å². The molecule has 0 aromatic heterocycles. The number of nitrogens with zero attached hydrogens (tertiary/aromatic N) is 1. The lowest BCUT2D eigenvalue weighted by Gasteiger charge is -2.59. The molecule has 0 aromatic carbocycles. The van der Waals surface area contributed by atoms with Crippen LogP contribution in [0.1, 0.15) is 93.9 Å². The Balaban J connectivity index is 1.44. The zero-order chi connectivity index (χ0) is 31.8. The molecule has 4 fully saturated rings. The first-order valence-electron chi connectivity index (χ1n) is 17.0. The molecule has 5 aliphatic rings. The van der Waals surface area contributed by atoms with Crippen molar-refractivity contribution in [3.8, 4) is 0 Å². The van der Waals surface area contributed by atoms with Crippen molar-refractivity contribution in [3.63, 3.8) is 0 Å². The molecule has 1 aliphatic heterocycles. The van der Waals surface area contributed by atoms with Gasteiger partial charge in [-0.15, -0.1) is 0 Å². The van der Waals surface area contributed by atoms with Crippen molar-refractivity contribution < 1.29 is 23.4 Å². The van der Waals surface area contributed by atoms with Gasteiger partial charge in [-0.05, 0) is 67.0 Å². The van der Waals surface area contributed by atoms with Gasteiger partial charge in [-0.3, -0.25) is 0 Å². The Bertz CT molecular complexity index is 1130. The minimum Gasteiger partial charge on any atom is -0.446 e. The second kappa shape index (κ2) is 11.3. The number of allylic oxidation sites excluding steroid dienone is 3. The van der Waals surface area contributed by atoms with E-state index in [4.69, 9.17) is 18.6 Å². The van der Waals surface area contributed by atoms with Crippen LogP contribution in [0.2, 0.25) is 18.1 Å². The van der Waals surface area contributed by atoms with E-state index in [2.05, 4.69) is 80.6 Å². The molecule has 1 amide bonds. The second-order valence-electron chi connectivity index (χ2n) is 17.7. The van der Waals surface area contributed by atoms with Crippen LogP contribution in [0.25, 0.3) is 0 Å². The summed E-state index contributed by atoms with van der Waals surface area (Å²) < 4.78 is 26.1. The molecule has 1 heterocycles. The van der Waals surface area contributed by atoms with Crippen molar-refractivity contribution in [1.82, 2.24) is 4.90 Å². The molecule has 0 radical (unpaired) electrons. The van der Waals surface area contributed by atoms with E-state index >= 15 is 0 Å². The van der Waals surface area contributed by atoms with E-state index < -0.39 is 8.32 Å². The van der Waals surface area contributed by atoms with E-state index in [9.17, 15) is 4.79 Å². The zero-order valence-electron chi connectivity index (χ0n) is 29.3. The van der Waals surface area contributed by atoms with Crippen molar-refractivity contribution in [1.29, 1.82) is 0 Å². The fourth-order valence-corrected chi connectivity index (χ4v) is 10.6. The number of carbonyl (C=O) groups is 1. The monoisotopic (exact) mass is 615 g/mol. The molecule has 5 rings (SSSR count). The van der Waals surface area contributed by atoms with Gasteiger partial charge in [0.05, 0.1) is 19.3 Å². The molecule has 7 heteroatoms. The Kier molecular flexibility index (Phi) is 8.71. The van der Waals surface area contributed by atoms with Gasteiger partial charge in [0.15, 0.2) is 14.6 Å². The van der Waals surface area contributed by atoms with Crippen LogP contribution in [0.5, 0.6) is 0 Å². The maximum absolute atomic E-state index is 12.6. The van der Waals surface area contributed by atoms with Crippen LogP contribution in [0, 0.1) is 39.9 Å². The minimum atomic E-state index is -2.09. The lowest BCUT2D eigenvalue weighted by atomic mass is 9.49. The average molecular weight is 616 g/mol. The smallest absolute Gasteiger partial charge is 0.409 e. The molecule has 8 atom stereocenters. The van der Waals surface area contributed by atoms with Crippen LogP contribution < -0.4 is 0 Å². The standard InChI is InChI=1S/C36H61NO5Si/c1-23(31-39-21-34(5,6)22-40-31)27-15-16-28-26-14-13-24-19-25(41-32(38)37(9)10)20-30(42-43(11,12)33(2,3)4)36(24,8)29(26)17-18-35(27,28)7/h13-14,23,25,27-31H,15-22H2,1-12H3/t23?,25-,27-,28+,29+,30+,35-,36+/m1/s1. The highest BCUT2D eigenvalue weighted by atomic mass is 28.4. The molecule has 0 bridgehead atoms. The van der Waals surface area contributed by atoms with Crippen LogP contribution in [0.15, 0.2) is 23.3 Å². The topological polar surface area (TPSA) is 57.2 Å². The molecular formula is C36H61NO5Si. The Morgan fingerprint density at radius 1 is 1.02 bits per heavy atom. The maximum Gasteiger partial charge on any atom is 0.409 e. The Morgan fingerprint density at radius 2 is 1.67 bits per heavy atom. The molecule has 3 saturated carbocycles. The predicted octanol–water partition coefficient (Wildman–Crippen LogP) is 8.59. The summed E-state index contributed by atoms with van der Waals surface area (Å²) in [5, 5.41) is 0.103. The lowest BCUT2D eigenvalue weighted by molar-refractivity contribution is -0.252. The minimum absolute atomic E-state index is 0.0231. The molecule has 1 unspecified atom stereocenters. The number of rotatable bonds is 5. The Morgan fingerprint density at radius 3 is 2.28 bits per heavy atom. The van der Waals surface area contributed by atoms with Crippen LogP contribution in [-0.4, -0.2) is 65.1 Å². The molecule has 0 N–H and O–H groups in total. The van der Waals surface area contributed by atoms with Crippen molar-refractivity contribution >= 4 is 14.4 Å². The van der Waals surface area contributed by atoms with Gasteiger partial charge in [-0.2, -0.15) is 0 Å². The van der Waals surface area contributed by atoms with E-state index in [1.165, 1.54) is 36.2 Å². The first-order chi connectivity index (χ1) is 19.8. The summed E-state index contributed by atoms with van der Waals surface area (Å²) in [6.45, 7) is 25.1. The largest absolute Gasteiger partial charge is 0.446 e. The third kappa shape index (κ3) is 5.83. The predicted molar refractivity (Wildman–Crippen MR) is 175 cm³/mol. The maximum atomic E-state index is 12.6. The van der Waals surface area contributed by atoms with Gasteiger partial charge in [-0.25, -0.2) is 4.79 Å². The van der Waals surface area contributed by atoms with Crippen LogP contribution in [0.3, 0.4) is 0 Å². The third-order valence-corrected chi connectivity index (χ3v) is 17.4. The summed E-state index contributed by atoms with van der Waals surface area (Å²) in [7, 11) is 1.43. The molecule has 244 valence electrons. The number of ether oxygens (including phenoxy) is 3. The van der Waals surface area contributed by atoms with Gasteiger partial charge >= 0.3 is 6.09 Å². The van der Waals surface area contributed by atoms with Crippen LogP contribution >= 0.6 is 0 Å². The van der Waals surface area contributed by atoms with E-state index in [1.807, 2.05) is 0 Å². The van der Waals surface area contributed by atoms with Gasteiger partial charge in [0.25, 0.3) is 0 Å². The molecule has 1 saturated heterocycles. The van der Waals surface area contributed by atoms with Gasteiger partial charge in [0, 0.05) is 43.7 Å². The number of fused-ring (bicyclic) bond motifs is 5. The summed E-state index contributed by atoms with van der Waals surface area (Å²) in [5.41, 5.74) is 3.31. The van der Waals surface area contributed by atoms with E-state index in [0.717, 1.165) is 26.1 Å². The lowest BCUT2D eigenvalue weighted by Crippen LogP contribution is -2.57. The van der Waals surface area contributed by atoms with E-state index in [-0.39, 0.29) is 45.9 Å². The fourth-order valence-electron chi connectivity index (χ4n) is 9.15. The van der Waals surface area contributed by atoms with Gasteiger partial charge in [-0.1, -0.05) is 78.7 Å². The van der Waals surface area contributed by atoms with Crippen molar-refractivity contribution in [2.45, 2.75) is 131 Å². The zero-order valence-corrected chi connectivity index (χ0v) is 30.3. The van der Waals surface area contributed by atoms with Crippen LogP contribution in [0.4, 0.5) is 4.79 Å². The quantitative estimate of drug-likeness (QED) is 0.290. The third-order valence-electron chi connectivity index (χ3n) is 12.9. The Hall–Kier alpha value is -1.15. The van der Waals surface area contributed by atoms with E-state index in [1.54, 1.807) is 19.7 Å². The number of hydrogen-bond acceptors (Lipinski definition) is 5. The highest BCUT2D eigenvalue weighted by Crippen LogP contribution is 2.67. The molecule has 6 nitrogen and oxygen atoms in total. The average Bonchev–Trinajstić information content (AvgIpc) is 3.25. The van der Waals surface area contributed by atoms with Crippen molar-refractivity contribution in [2.75, 3.05) is 27.3 Å². The second-order valence-corrected chi connectivity index (χ2v) is 22.5. The molecular weight excluding hydrogens is 554 g/mol. The van der Waals surface area contributed by atoms with Gasteiger partial charge in [0.1, 0.15) is 6.10 Å². The first-order valence-corrected chi connectivity index (χ1v) is 19.9. The normalized spacial score (nSPS) is 38.7. The summed E-state index contributed by atoms with van der Waals surface area (Å²) in [4.78, 5) is 14.2. The summed E-state index contributed by atoms with van der Waals surface area (Å²) >= 11 is 0.